The SMILES string of the molecule is CC1(C)OB(c2ccc(NC(N)=O)cc2)OC1(C)C.CO.COc1ccc(C)nc1-c1cccc(Cl)c1.COc1ccc(C)nc1Br.COc1ccc(CBr)nc1-c1cccc(Cl)c1.COc1ccc(Cc2ccc(NC(N)=O)cc2)nc1-c1cccc(Cl)c1.OB(O)c1cccc(Cl)c1. The van der Waals surface area contributed by atoms with Gasteiger partial charge in [-0.2, -0.15) is 0 Å². The Morgan fingerprint density at radius 3 is 1.26 bits per heavy atom. The van der Waals surface area contributed by atoms with E-state index >= 15 is 0 Å². The fraction of sp³-hybridized carbons (Fsp3) is 0.205. The number of aliphatic hydroxyl groups excluding tert-OH is 1. The average molecular weight is 1570 g/mol. The molecule has 1 saturated heterocycles. The Hall–Kier alpha value is -8.29. The lowest BCUT2D eigenvalue weighted by atomic mass is 9.79. The number of amides is 4. The molecule has 1 fully saturated rings. The van der Waals surface area contributed by atoms with E-state index in [0.717, 1.165) is 96.5 Å². The van der Waals surface area contributed by atoms with Gasteiger partial charge in [0.25, 0.3) is 0 Å². The number of carbonyl (C=O) groups is 2. The number of aryl methyl sites for hydroxylation is 2. The number of ether oxygens (including phenoxy) is 4. The molecule has 19 nitrogen and oxygen atoms in total. The van der Waals surface area contributed by atoms with Crippen molar-refractivity contribution in [1.29, 1.82) is 0 Å². The maximum Gasteiger partial charge on any atom is 0.494 e. The molecular weight excluding hydrogens is 1490 g/mol. The molecule has 6 aromatic carbocycles. The summed E-state index contributed by atoms with van der Waals surface area (Å²) in [6.45, 7) is 11.9. The van der Waals surface area contributed by atoms with Gasteiger partial charge in [0, 0.05) is 84.1 Å². The van der Waals surface area contributed by atoms with E-state index in [-0.39, 0.29) is 11.2 Å². The molecule has 9 N–H and O–H groups in total. The van der Waals surface area contributed by atoms with Gasteiger partial charge in [0.2, 0.25) is 0 Å². The molecule has 27 heteroatoms. The molecule has 0 unspecified atom stereocenters. The molecule has 0 atom stereocenters. The van der Waals surface area contributed by atoms with Gasteiger partial charge in [-0.25, -0.2) is 29.5 Å². The van der Waals surface area contributed by atoms with Crippen LogP contribution in [0.15, 0.2) is 199 Å². The van der Waals surface area contributed by atoms with Gasteiger partial charge in [-0.05, 0) is 195 Å². The first kappa shape index (κ1) is 82.4. The molecule has 0 saturated carbocycles. The Balaban J connectivity index is 0.000000221. The number of aliphatic hydroxyl groups is 1. The van der Waals surface area contributed by atoms with Crippen LogP contribution >= 0.6 is 78.3 Å². The van der Waals surface area contributed by atoms with Crippen LogP contribution in [0.4, 0.5) is 21.0 Å². The number of rotatable bonds is 14. The number of methoxy groups -OCH3 is 4. The maximum absolute atomic E-state index is 10.9. The Kier molecular flexibility index (Phi) is 33.6. The number of urea groups is 2. The maximum atomic E-state index is 10.9. The van der Waals surface area contributed by atoms with Gasteiger partial charge in [0.1, 0.15) is 38.9 Å². The summed E-state index contributed by atoms with van der Waals surface area (Å²) in [6.07, 6.45) is 0.647. The number of carbonyl (C=O) groups excluding carboxylic acids is 2. The molecule has 5 heterocycles. The van der Waals surface area contributed by atoms with E-state index < -0.39 is 26.3 Å². The first-order valence-electron chi connectivity index (χ1n) is 30.5. The van der Waals surface area contributed by atoms with Gasteiger partial charge in [-0.3, -0.25) is 0 Å². The number of hydrogen-bond donors (Lipinski definition) is 7. The fourth-order valence-electron chi connectivity index (χ4n) is 8.95. The second kappa shape index (κ2) is 40.8. The van der Waals surface area contributed by atoms with E-state index in [1.54, 1.807) is 58.8 Å². The van der Waals surface area contributed by atoms with Crippen LogP contribution in [0.3, 0.4) is 0 Å². The van der Waals surface area contributed by atoms with Gasteiger partial charge in [-0.1, -0.05) is 135 Å². The van der Waals surface area contributed by atoms with Crippen molar-refractivity contribution in [3.05, 3.63) is 247 Å². The molecule has 0 bridgehead atoms. The normalized spacial score (nSPS) is 11.9. The number of aromatic nitrogens is 4. The van der Waals surface area contributed by atoms with Crippen LogP contribution in [0.25, 0.3) is 33.8 Å². The molecule has 10 aromatic rings. The van der Waals surface area contributed by atoms with E-state index in [1.165, 1.54) is 6.07 Å². The third-order valence-electron chi connectivity index (χ3n) is 14.6. The molecular formula is C73H78B2Br2Cl4N8O11. The predicted octanol–water partition coefficient (Wildman–Crippen LogP) is 15.8. The van der Waals surface area contributed by atoms with Crippen LogP contribution in [0.2, 0.25) is 20.1 Å². The number of alkyl halides is 1. The Labute approximate surface area is 621 Å². The lowest BCUT2D eigenvalue weighted by Crippen LogP contribution is -2.41. The molecule has 0 spiro atoms. The minimum absolute atomic E-state index is 0.359. The third kappa shape index (κ3) is 26.0. The third-order valence-corrected chi connectivity index (χ3v) is 16.6. The monoisotopic (exact) mass is 1560 g/mol. The number of pyridine rings is 4. The van der Waals surface area contributed by atoms with Gasteiger partial charge in [0.05, 0.1) is 45.3 Å². The van der Waals surface area contributed by atoms with Gasteiger partial charge in [-0.15, -0.1) is 0 Å². The smallest absolute Gasteiger partial charge is 0.494 e. The van der Waals surface area contributed by atoms with Gasteiger partial charge in [0.15, 0.2) is 5.75 Å². The van der Waals surface area contributed by atoms with E-state index in [0.29, 0.717) is 54.4 Å². The summed E-state index contributed by atoms with van der Waals surface area (Å²) in [5.74, 6) is 2.97. The topological polar surface area (TPSA) is 278 Å². The summed E-state index contributed by atoms with van der Waals surface area (Å²) >= 11 is 30.3. The molecule has 0 aliphatic carbocycles. The number of anilines is 2. The highest BCUT2D eigenvalue weighted by Crippen LogP contribution is 2.37. The van der Waals surface area contributed by atoms with Crippen molar-refractivity contribution in [1.82, 2.24) is 19.9 Å². The predicted molar refractivity (Wildman–Crippen MR) is 412 cm³/mol. The van der Waals surface area contributed by atoms with E-state index in [1.807, 2.05) is 199 Å². The number of nitrogens with one attached hydrogen (secondary N) is 2. The number of hydrogen-bond acceptors (Lipinski definition) is 15. The highest BCUT2D eigenvalue weighted by atomic mass is 79.9. The van der Waals surface area contributed by atoms with Crippen LogP contribution in [0, 0.1) is 13.8 Å². The molecule has 4 aromatic heterocycles. The van der Waals surface area contributed by atoms with Crippen molar-refractivity contribution in [2.24, 2.45) is 11.5 Å². The number of nitrogens with zero attached hydrogens (tertiary/aromatic N) is 4. The first-order chi connectivity index (χ1) is 47.6. The van der Waals surface area contributed by atoms with Crippen LogP contribution < -0.4 is 52.0 Å². The molecule has 11 rings (SSSR count). The van der Waals surface area contributed by atoms with Gasteiger partial charge >= 0.3 is 26.3 Å². The molecule has 100 heavy (non-hydrogen) atoms. The second-order valence-corrected chi connectivity index (χ2v) is 25.4. The van der Waals surface area contributed by atoms with E-state index in [4.69, 9.17) is 106 Å². The number of primary amides is 2. The zero-order chi connectivity index (χ0) is 73.7. The summed E-state index contributed by atoms with van der Waals surface area (Å²) in [5, 5.41) is 32.6. The van der Waals surface area contributed by atoms with Crippen LogP contribution in [0.1, 0.15) is 56.0 Å². The van der Waals surface area contributed by atoms with Gasteiger partial charge < -0.3 is 65.5 Å². The Morgan fingerprint density at radius 2 is 0.880 bits per heavy atom. The van der Waals surface area contributed by atoms with Crippen LogP contribution in [0.5, 0.6) is 23.0 Å². The minimum Gasteiger partial charge on any atom is -0.494 e. The summed E-state index contributed by atoms with van der Waals surface area (Å²) in [4.78, 5) is 39.5. The van der Waals surface area contributed by atoms with Crippen molar-refractivity contribution in [2.75, 3.05) is 46.2 Å². The quantitative estimate of drug-likeness (QED) is 0.0303. The molecule has 524 valence electrons. The highest BCUT2D eigenvalue weighted by molar-refractivity contribution is 9.10. The van der Waals surface area contributed by atoms with E-state index in [2.05, 4.69) is 57.4 Å². The van der Waals surface area contributed by atoms with Crippen molar-refractivity contribution in [3.8, 4) is 56.8 Å². The lowest BCUT2D eigenvalue weighted by Gasteiger charge is -2.32. The number of halogens is 6. The fourth-order valence-corrected chi connectivity index (χ4v) is 10.6. The zero-order valence-electron chi connectivity index (χ0n) is 56.9. The summed E-state index contributed by atoms with van der Waals surface area (Å²) in [7, 11) is 5.69. The lowest BCUT2D eigenvalue weighted by molar-refractivity contribution is 0.00578. The number of nitrogens with two attached hydrogens (primary N) is 2. The number of benzene rings is 6. The standard InChI is InChI=1S/C20H18ClN3O2.C13H19BN2O3.C13H11BrClNO.C13H12ClNO.C7H8BrNO.C6H6BClO2.CH4O/c1-26-18-10-9-17(23-19(18)14-3-2-4-15(21)12-14)11-13-5-7-16(8-6-13)24-20(22)25;1-12(2)13(3,4)19-14(18-12)9-5-7-10(8-6-9)16-11(15)17;1-17-12-6-5-11(8-14)16-13(12)9-3-2-4-10(15)7-9;1-9-6-7-12(16-2)13(15-9)10-4-3-5-11(14)8-10;1-5-3-4-6(10-2)7(8)9-5;8-6-3-1-2-5(4-6)7(9)10;1-2/h2-10,12H,11H2,1H3,(H3,22,24,25);5-8H,1-4H3,(H3,15,16,17);2-7H,8H2,1H3;3-8H,1-2H3;3-4H,1-2H3;1-4,9-10H;2H,1H3. The van der Waals surface area contributed by atoms with E-state index in [9.17, 15) is 9.59 Å². The second-order valence-electron chi connectivity index (χ2n) is 22.3. The van der Waals surface area contributed by atoms with Crippen molar-refractivity contribution in [2.45, 2.75) is 64.5 Å². The molecule has 4 amide bonds. The summed E-state index contributed by atoms with van der Waals surface area (Å²) in [5.41, 5.74) is 22.1. The summed E-state index contributed by atoms with van der Waals surface area (Å²) < 4.78 is 33.7. The molecule has 1 aliphatic heterocycles. The summed E-state index contributed by atoms with van der Waals surface area (Å²) in [6, 6.07) is 58.0. The van der Waals surface area contributed by atoms with Crippen molar-refractivity contribution < 1.29 is 53.0 Å². The minimum atomic E-state index is -1.43. The van der Waals surface area contributed by atoms with Crippen molar-refractivity contribution >= 4 is 127 Å². The average Bonchev–Trinajstić information content (AvgIpc) is 1.62. The highest BCUT2D eigenvalue weighted by Gasteiger charge is 2.51. The Morgan fingerprint density at radius 1 is 0.510 bits per heavy atom. The van der Waals surface area contributed by atoms with Crippen molar-refractivity contribution in [3.63, 3.8) is 0 Å². The zero-order valence-corrected chi connectivity index (χ0v) is 63.1. The molecule has 0 radical (unpaired) electrons. The first-order valence-corrected chi connectivity index (χ1v) is 33.9. The molecule has 1 aliphatic rings. The van der Waals surface area contributed by atoms with Crippen LogP contribution in [-0.4, -0.2) is 108 Å². The Bertz CT molecular complexity index is 4250. The van der Waals surface area contributed by atoms with Crippen LogP contribution in [-0.2, 0) is 21.1 Å². The largest absolute Gasteiger partial charge is 0.494 e.